The number of nitrogens with zero attached hydrogens (tertiary/aromatic N) is 1. The number of amides is 2. The van der Waals surface area contributed by atoms with Crippen molar-refractivity contribution >= 4 is 12.2 Å². The number of methoxy groups -OCH3 is 1. The molecule has 0 spiro atoms. The number of urea groups is 1. The number of primary amides is 1. The lowest BCUT2D eigenvalue weighted by Crippen LogP contribution is -2.24. The second kappa shape index (κ2) is 8.04. The summed E-state index contributed by atoms with van der Waals surface area (Å²) >= 11 is 0. The normalized spacial score (nSPS) is 10.8. The van der Waals surface area contributed by atoms with E-state index in [0.29, 0.717) is 24.0 Å². The fourth-order valence-electron chi connectivity index (χ4n) is 1.46. The van der Waals surface area contributed by atoms with E-state index >= 15 is 0 Å². The molecule has 6 heteroatoms. The topological polar surface area (TPSA) is 85.9 Å². The molecule has 0 saturated heterocycles. The zero-order valence-corrected chi connectivity index (χ0v) is 12.1. The Morgan fingerprint density at radius 3 is 2.80 bits per heavy atom. The Morgan fingerprint density at radius 2 is 2.20 bits per heavy atom. The maximum Gasteiger partial charge on any atom is 0.332 e. The van der Waals surface area contributed by atoms with Crippen LogP contribution in [0, 0.1) is 5.92 Å². The molecular weight excluding hydrogens is 258 g/mol. The molecule has 0 heterocycles. The van der Waals surface area contributed by atoms with Gasteiger partial charge in [-0.2, -0.15) is 5.10 Å². The number of nitrogens with two attached hydrogens (primary N) is 1. The van der Waals surface area contributed by atoms with Crippen molar-refractivity contribution in [3.8, 4) is 11.5 Å². The molecular formula is C14H21N3O3. The van der Waals surface area contributed by atoms with E-state index in [4.69, 9.17) is 15.2 Å². The molecule has 0 unspecified atom stereocenters. The highest BCUT2D eigenvalue weighted by molar-refractivity contribution is 5.82. The molecule has 2 amide bonds. The van der Waals surface area contributed by atoms with Gasteiger partial charge in [0.05, 0.1) is 19.9 Å². The van der Waals surface area contributed by atoms with Gasteiger partial charge in [-0.15, -0.1) is 0 Å². The van der Waals surface area contributed by atoms with E-state index in [1.54, 1.807) is 13.2 Å². The molecule has 0 atom stereocenters. The van der Waals surface area contributed by atoms with Gasteiger partial charge in [0.2, 0.25) is 0 Å². The molecule has 0 aliphatic heterocycles. The lowest BCUT2D eigenvalue weighted by atomic mass is 10.1. The molecule has 3 N–H and O–H groups in total. The molecule has 6 nitrogen and oxygen atoms in total. The molecule has 20 heavy (non-hydrogen) atoms. The first kappa shape index (κ1) is 15.8. The first-order valence-electron chi connectivity index (χ1n) is 6.42. The standard InChI is InChI=1S/C14H21N3O3/c1-10(2)6-7-20-12-5-4-11(8-13(12)19-3)9-16-17-14(15)18/h4-5,8-10H,6-7H2,1-3H3,(H3,15,17,18). The Balaban J connectivity index is 2.69. The number of carbonyl (C=O) groups excluding carboxylic acids is 1. The number of hydrogen-bond acceptors (Lipinski definition) is 4. The first-order chi connectivity index (χ1) is 9.52. The van der Waals surface area contributed by atoms with Crippen LogP contribution in [0.3, 0.4) is 0 Å². The molecule has 110 valence electrons. The van der Waals surface area contributed by atoms with Gasteiger partial charge < -0.3 is 15.2 Å². The van der Waals surface area contributed by atoms with E-state index in [1.165, 1.54) is 6.21 Å². The molecule has 0 aliphatic rings. The minimum atomic E-state index is -0.707. The Hall–Kier alpha value is -2.24. The van der Waals surface area contributed by atoms with Crippen molar-refractivity contribution < 1.29 is 14.3 Å². The number of nitrogens with one attached hydrogen (secondary N) is 1. The third kappa shape index (κ3) is 5.60. The van der Waals surface area contributed by atoms with Gasteiger partial charge in [0.25, 0.3) is 0 Å². The average molecular weight is 279 g/mol. The maximum absolute atomic E-state index is 10.5. The second-order valence-electron chi connectivity index (χ2n) is 4.68. The highest BCUT2D eigenvalue weighted by Gasteiger charge is 2.05. The van der Waals surface area contributed by atoms with Gasteiger partial charge in [-0.1, -0.05) is 13.8 Å². The SMILES string of the molecule is COc1cc(C=NNC(N)=O)ccc1OCCC(C)C. The molecule has 0 radical (unpaired) electrons. The zero-order chi connectivity index (χ0) is 15.0. The average Bonchev–Trinajstić information content (AvgIpc) is 2.39. The third-order valence-corrected chi connectivity index (χ3v) is 2.53. The van der Waals surface area contributed by atoms with Crippen LogP contribution in [-0.4, -0.2) is 26.0 Å². The molecule has 0 saturated carbocycles. The highest BCUT2D eigenvalue weighted by Crippen LogP contribution is 2.27. The van der Waals surface area contributed by atoms with Crippen molar-refractivity contribution in [1.29, 1.82) is 0 Å². The molecule has 1 rings (SSSR count). The van der Waals surface area contributed by atoms with Crippen LogP contribution >= 0.6 is 0 Å². The van der Waals surface area contributed by atoms with Crippen LogP contribution in [0.5, 0.6) is 11.5 Å². The summed E-state index contributed by atoms with van der Waals surface area (Å²) in [5.41, 5.74) is 7.81. The molecule has 0 aliphatic carbocycles. The van der Waals surface area contributed by atoms with E-state index in [0.717, 1.165) is 12.0 Å². The third-order valence-electron chi connectivity index (χ3n) is 2.53. The molecule has 0 bridgehead atoms. The van der Waals surface area contributed by atoms with E-state index in [9.17, 15) is 4.79 Å². The summed E-state index contributed by atoms with van der Waals surface area (Å²) in [4.78, 5) is 10.5. The summed E-state index contributed by atoms with van der Waals surface area (Å²) in [5, 5.41) is 3.69. The number of ether oxygens (including phenoxy) is 2. The van der Waals surface area contributed by atoms with Crippen LogP contribution in [0.1, 0.15) is 25.8 Å². The van der Waals surface area contributed by atoms with Gasteiger partial charge in [0, 0.05) is 0 Å². The number of hydrogen-bond donors (Lipinski definition) is 2. The van der Waals surface area contributed by atoms with Crippen LogP contribution in [0.15, 0.2) is 23.3 Å². The second-order valence-corrected chi connectivity index (χ2v) is 4.68. The summed E-state index contributed by atoms with van der Waals surface area (Å²) in [6.07, 6.45) is 2.46. The van der Waals surface area contributed by atoms with E-state index < -0.39 is 6.03 Å². The maximum atomic E-state index is 10.5. The summed E-state index contributed by atoms with van der Waals surface area (Å²) in [7, 11) is 1.58. The van der Waals surface area contributed by atoms with Crippen molar-refractivity contribution in [2.45, 2.75) is 20.3 Å². The number of benzene rings is 1. The molecule has 1 aromatic rings. The van der Waals surface area contributed by atoms with Crippen molar-refractivity contribution in [3.05, 3.63) is 23.8 Å². The lowest BCUT2D eigenvalue weighted by molar-refractivity contribution is 0.249. The van der Waals surface area contributed by atoms with Crippen molar-refractivity contribution in [2.75, 3.05) is 13.7 Å². The quantitative estimate of drug-likeness (QED) is 0.592. The Morgan fingerprint density at radius 1 is 1.45 bits per heavy atom. The van der Waals surface area contributed by atoms with Crippen molar-refractivity contribution in [2.24, 2.45) is 16.8 Å². The van der Waals surface area contributed by atoms with Crippen molar-refractivity contribution in [3.63, 3.8) is 0 Å². The highest BCUT2D eigenvalue weighted by atomic mass is 16.5. The van der Waals surface area contributed by atoms with E-state index in [1.807, 2.05) is 12.1 Å². The van der Waals surface area contributed by atoms with Crippen LogP contribution in [0.4, 0.5) is 4.79 Å². The Kier molecular flexibility index (Phi) is 6.36. The summed E-state index contributed by atoms with van der Waals surface area (Å²) in [6.45, 7) is 4.93. The van der Waals surface area contributed by atoms with Crippen LogP contribution in [0.2, 0.25) is 0 Å². The summed E-state index contributed by atoms with van der Waals surface area (Å²) in [6, 6.07) is 4.70. The predicted octanol–water partition coefficient (Wildman–Crippen LogP) is 2.12. The minimum absolute atomic E-state index is 0.590. The largest absolute Gasteiger partial charge is 0.493 e. The van der Waals surface area contributed by atoms with Crippen LogP contribution in [-0.2, 0) is 0 Å². The minimum Gasteiger partial charge on any atom is -0.493 e. The number of rotatable bonds is 7. The fourth-order valence-corrected chi connectivity index (χ4v) is 1.46. The summed E-state index contributed by atoms with van der Waals surface area (Å²) < 4.78 is 10.9. The summed E-state index contributed by atoms with van der Waals surface area (Å²) in [5.74, 6) is 1.90. The van der Waals surface area contributed by atoms with E-state index in [-0.39, 0.29) is 0 Å². The number of hydrazone groups is 1. The van der Waals surface area contributed by atoms with Gasteiger partial charge >= 0.3 is 6.03 Å². The monoisotopic (exact) mass is 279 g/mol. The van der Waals surface area contributed by atoms with Gasteiger partial charge in [-0.3, -0.25) is 0 Å². The van der Waals surface area contributed by atoms with E-state index in [2.05, 4.69) is 24.4 Å². The van der Waals surface area contributed by atoms with Gasteiger partial charge in [0.15, 0.2) is 11.5 Å². The van der Waals surface area contributed by atoms with Crippen LogP contribution < -0.4 is 20.6 Å². The molecule has 0 aromatic heterocycles. The molecule has 0 fully saturated rings. The predicted molar refractivity (Wildman–Crippen MR) is 78.3 cm³/mol. The lowest BCUT2D eigenvalue weighted by Gasteiger charge is -2.12. The van der Waals surface area contributed by atoms with Crippen molar-refractivity contribution in [1.82, 2.24) is 5.43 Å². The van der Waals surface area contributed by atoms with Gasteiger partial charge in [-0.05, 0) is 36.1 Å². The smallest absolute Gasteiger partial charge is 0.332 e. The van der Waals surface area contributed by atoms with Gasteiger partial charge in [-0.25, -0.2) is 10.2 Å². The number of carbonyl (C=O) groups is 1. The Labute approximate surface area is 118 Å². The zero-order valence-electron chi connectivity index (χ0n) is 12.1. The Bertz CT molecular complexity index is 473. The molecule has 1 aromatic carbocycles. The first-order valence-corrected chi connectivity index (χ1v) is 6.42. The van der Waals surface area contributed by atoms with Crippen LogP contribution in [0.25, 0.3) is 0 Å². The van der Waals surface area contributed by atoms with Gasteiger partial charge in [0.1, 0.15) is 0 Å². The fraction of sp³-hybridized carbons (Fsp3) is 0.429.